The highest BCUT2D eigenvalue weighted by Crippen LogP contribution is 2.29. The van der Waals surface area contributed by atoms with E-state index in [9.17, 15) is 0 Å². The maximum absolute atomic E-state index is 5.72. The highest BCUT2D eigenvalue weighted by atomic mass is 16.5. The highest BCUT2D eigenvalue weighted by molar-refractivity contribution is 5.39. The quantitative estimate of drug-likeness (QED) is 0.570. The van der Waals surface area contributed by atoms with Crippen LogP contribution < -0.4 is 20.7 Å². The maximum atomic E-state index is 5.72. The first-order valence-electron chi connectivity index (χ1n) is 7.57. The van der Waals surface area contributed by atoms with Crippen molar-refractivity contribution in [1.29, 1.82) is 0 Å². The molecule has 3 N–H and O–H groups in total. The third-order valence-corrected chi connectivity index (χ3v) is 4.02. The maximum Gasteiger partial charge on any atom is 0.122 e. The highest BCUT2D eigenvalue weighted by Gasteiger charge is 2.17. The average Bonchev–Trinajstić information content (AvgIpc) is 3.04. The second-order valence-corrected chi connectivity index (χ2v) is 5.43. The number of hydrazine groups is 1. The lowest BCUT2D eigenvalue weighted by Crippen LogP contribution is -2.28. The number of benzene rings is 1. The predicted molar refractivity (Wildman–Crippen MR) is 82.4 cm³/mol. The standard InChI is InChI=1S/C16H26N2O3/c1-19-14-9-12(10-15(11-14)20-2)16(18-17)7-3-5-13-6-4-8-21-13/h9-11,13,16,18H,3-8,17H2,1-2H3. The van der Waals surface area contributed by atoms with Crippen molar-refractivity contribution < 1.29 is 14.2 Å². The van der Waals surface area contributed by atoms with Crippen molar-refractivity contribution in [2.45, 2.75) is 44.2 Å². The summed E-state index contributed by atoms with van der Waals surface area (Å²) in [4.78, 5) is 0. The van der Waals surface area contributed by atoms with Gasteiger partial charge in [-0.1, -0.05) is 0 Å². The van der Waals surface area contributed by atoms with Crippen molar-refractivity contribution in [3.8, 4) is 11.5 Å². The van der Waals surface area contributed by atoms with Gasteiger partial charge in [0.2, 0.25) is 0 Å². The molecule has 118 valence electrons. The van der Waals surface area contributed by atoms with Gasteiger partial charge in [-0.3, -0.25) is 11.3 Å². The summed E-state index contributed by atoms with van der Waals surface area (Å²) in [5, 5.41) is 0. The number of hydrogen-bond acceptors (Lipinski definition) is 5. The van der Waals surface area contributed by atoms with Gasteiger partial charge in [-0.25, -0.2) is 0 Å². The van der Waals surface area contributed by atoms with Crippen LogP contribution in [0.4, 0.5) is 0 Å². The second-order valence-electron chi connectivity index (χ2n) is 5.43. The number of nitrogens with one attached hydrogen (secondary N) is 1. The first-order valence-corrected chi connectivity index (χ1v) is 7.57. The number of methoxy groups -OCH3 is 2. The van der Waals surface area contributed by atoms with E-state index in [1.54, 1.807) is 14.2 Å². The molecule has 1 aromatic rings. The molecule has 2 unspecified atom stereocenters. The SMILES string of the molecule is COc1cc(OC)cc(C(CCCC2CCCO2)NN)c1. The number of nitrogens with two attached hydrogens (primary N) is 1. The van der Waals surface area contributed by atoms with E-state index in [0.717, 1.165) is 42.9 Å². The van der Waals surface area contributed by atoms with Crippen LogP contribution in [0.3, 0.4) is 0 Å². The molecule has 0 radical (unpaired) electrons. The topological polar surface area (TPSA) is 65.7 Å². The van der Waals surface area contributed by atoms with Crippen molar-refractivity contribution >= 4 is 0 Å². The van der Waals surface area contributed by atoms with E-state index < -0.39 is 0 Å². The summed E-state index contributed by atoms with van der Waals surface area (Å²) in [7, 11) is 3.31. The lowest BCUT2D eigenvalue weighted by Gasteiger charge is -2.19. The molecule has 1 fully saturated rings. The van der Waals surface area contributed by atoms with Crippen LogP contribution in [0.5, 0.6) is 11.5 Å². The Kier molecular flexibility index (Phi) is 6.29. The minimum atomic E-state index is 0.0930. The van der Waals surface area contributed by atoms with Crippen LogP contribution >= 0.6 is 0 Å². The van der Waals surface area contributed by atoms with Gasteiger partial charge in [-0.15, -0.1) is 0 Å². The van der Waals surface area contributed by atoms with E-state index in [0.29, 0.717) is 6.10 Å². The number of ether oxygens (including phenoxy) is 3. The van der Waals surface area contributed by atoms with E-state index in [-0.39, 0.29) is 6.04 Å². The molecule has 1 heterocycles. The van der Waals surface area contributed by atoms with Crippen LogP contribution in [0.15, 0.2) is 18.2 Å². The summed E-state index contributed by atoms with van der Waals surface area (Å²) in [6.07, 6.45) is 5.96. The van der Waals surface area contributed by atoms with Gasteiger partial charge in [0.05, 0.1) is 20.3 Å². The Bertz CT molecular complexity index is 411. The summed E-state index contributed by atoms with van der Waals surface area (Å²) in [6.45, 7) is 0.913. The monoisotopic (exact) mass is 294 g/mol. The summed E-state index contributed by atoms with van der Waals surface area (Å²) in [6, 6.07) is 5.96. The number of hydrogen-bond donors (Lipinski definition) is 2. The summed E-state index contributed by atoms with van der Waals surface area (Å²) >= 11 is 0. The van der Waals surface area contributed by atoms with Gasteiger partial charge < -0.3 is 14.2 Å². The number of rotatable bonds is 8. The van der Waals surface area contributed by atoms with Crippen molar-refractivity contribution in [2.75, 3.05) is 20.8 Å². The molecule has 0 aliphatic carbocycles. The van der Waals surface area contributed by atoms with Gasteiger partial charge in [0.25, 0.3) is 0 Å². The van der Waals surface area contributed by atoms with Gasteiger partial charge in [-0.2, -0.15) is 0 Å². The Labute approximate surface area is 126 Å². The Balaban J connectivity index is 1.95. The fourth-order valence-electron chi connectivity index (χ4n) is 2.80. The fourth-order valence-corrected chi connectivity index (χ4v) is 2.80. The largest absolute Gasteiger partial charge is 0.497 e. The first-order chi connectivity index (χ1) is 10.3. The van der Waals surface area contributed by atoms with Crippen molar-refractivity contribution in [2.24, 2.45) is 5.84 Å². The predicted octanol–water partition coefficient (Wildman–Crippen LogP) is 2.56. The average molecular weight is 294 g/mol. The van der Waals surface area contributed by atoms with Gasteiger partial charge in [-0.05, 0) is 49.8 Å². The molecule has 2 atom stereocenters. The molecule has 0 amide bonds. The normalized spacial score (nSPS) is 19.5. The van der Waals surface area contributed by atoms with Gasteiger partial charge in [0, 0.05) is 18.7 Å². The molecule has 1 aromatic carbocycles. The summed E-state index contributed by atoms with van der Waals surface area (Å²) < 4.78 is 16.3. The smallest absolute Gasteiger partial charge is 0.122 e. The minimum Gasteiger partial charge on any atom is -0.497 e. The van der Waals surface area contributed by atoms with E-state index in [1.807, 2.05) is 18.2 Å². The zero-order valence-electron chi connectivity index (χ0n) is 12.9. The molecule has 1 saturated heterocycles. The van der Waals surface area contributed by atoms with Crippen molar-refractivity contribution in [1.82, 2.24) is 5.43 Å². The van der Waals surface area contributed by atoms with Gasteiger partial charge in [0.1, 0.15) is 11.5 Å². The molecular weight excluding hydrogens is 268 g/mol. The van der Waals surface area contributed by atoms with E-state index in [1.165, 1.54) is 12.8 Å². The van der Waals surface area contributed by atoms with Crippen LogP contribution in [-0.2, 0) is 4.74 Å². The van der Waals surface area contributed by atoms with Crippen LogP contribution in [0.2, 0.25) is 0 Å². The zero-order chi connectivity index (χ0) is 15.1. The molecule has 5 nitrogen and oxygen atoms in total. The lowest BCUT2D eigenvalue weighted by molar-refractivity contribution is 0.101. The molecule has 1 aliphatic rings. The first kappa shape index (κ1) is 16.1. The molecule has 0 bridgehead atoms. The Morgan fingerprint density at radius 3 is 2.52 bits per heavy atom. The molecule has 1 aliphatic heterocycles. The minimum absolute atomic E-state index is 0.0930. The molecular formula is C16H26N2O3. The molecule has 0 aromatic heterocycles. The Morgan fingerprint density at radius 2 is 2.00 bits per heavy atom. The van der Waals surface area contributed by atoms with Crippen LogP contribution in [0, 0.1) is 0 Å². The summed E-state index contributed by atoms with van der Waals surface area (Å²) in [5.41, 5.74) is 3.98. The Hall–Kier alpha value is -1.30. The van der Waals surface area contributed by atoms with E-state index in [2.05, 4.69) is 5.43 Å². The molecule has 5 heteroatoms. The zero-order valence-corrected chi connectivity index (χ0v) is 12.9. The van der Waals surface area contributed by atoms with E-state index >= 15 is 0 Å². The van der Waals surface area contributed by atoms with Gasteiger partial charge in [0.15, 0.2) is 0 Å². The third-order valence-electron chi connectivity index (χ3n) is 4.02. The third kappa shape index (κ3) is 4.59. The molecule has 0 saturated carbocycles. The van der Waals surface area contributed by atoms with E-state index in [4.69, 9.17) is 20.1 Å². The molecule has 21 heavy (non-hydrogen) atoms. The Morgan fingerprint density at radius 1 is 1.29 bits per heavy atom. The molecule has 0 spiro atoms. The van der Waals surface area contributed by atoms with Crippen molar-refractivity contribution in [3.05, 3.63) is 23.8 Å². The van der Waals surface area contributed by atoms with Crippen molar-refractivity contribution in [3.63, 3.8) is 0 Å². The fraction of sp³-hybridized carbons (Fsp3) is 0.625. The lowest BCUT2D eigenvalue weighted by atomic mass is 9.99. The second kappa shape index (κ2) is 8.22. The summed E-state index contributed by atoms with van der Waals surface area (Å²) in [5.74, 6) is 7.28. The molecule has 2 rings (SSSR count). The van der Waals surface area contributed by atoms with Crippen LogP contribution in [0.25, 0.3) is 0 Å². The van der Waals surface area contributed by atoms with Crippen LogP contribution in [-0.4, -0.2) is 26.9 Å². The van der Waals surface area contributed by atoms with Gasteiger partial charge >= 0.3 is 0 Å². The van der Waals surface area contributed by atoms with Crippen LogP contribution in [0.1, 0.15) is 43.7 Å².